The molecule has 0 radical (unpaired) electrons. The Balaban J connectivity index is 2.11. The smallest absolute Gasteiger partial charge is 0.211 e. The van der Waals surface area contributed by atoms with Crippen molar-refractivity contribution in [2.75, 3.05) is 13.1 Å². The van der Waals surface area contributed by atoms with Crippen LogP contribution < -0.4 is 0 Å². The lowest BCUT2D eigenvalue weighted by Gasteiger charge is -2.26. The van der Waals surface area contributed by atoms with Gasteiger partial charge < -0.3 is 0 Å². The van der Waals surface area contributed by atoms with E-state index in [4.69, 9.17) is 0 Å². The van der Waals surface area contributed by atoms with E-state index in [2.05, 4.69) is 9.98 Å². The number of aliphatic imine (C=N–C) groups is 2. The highest BCUT2D eigenvalue weighted by molar-refractivity contribution is 5.33. The van der Waals surface area contributed by atoms with Crippen molar-refractivity contribution in [3.05, 3.63) is 0 Å². The molecule has 0 aromatic carbocycles. The highest BCUT2D eigenvalue weighted by Gasteiger charge is 2.20. The first-order valence-corrected chi connectivity index (χ1v) is 5.94. The summed E-state index contributed by atoms with van der Waals surface area (Å²) in [6.07, 6.45) is 10.0. The lowest BCUT2D eigenvalue weighted by atomic mass is 9.80. The van der Waals surface area contributed by atoms with Crippen LogP contribution in [-0.2, 0) is 9.59 Å². The summed E-state index contributed by atoms with van der Waals surface area (Å²) in [4.78, 5) is 27.0. The van der Waals surface area contributed by atoms with Crippen molar-refractivity contribution in [1.82, 2.24) is 0 Å². The van der Waals surface area contributed by atoms with E-state index in [1.54, 1.807) is 12.2 Å². The molecule has 0 saturated heterocycles. The molecule has 88 valence electrons. The maximum atomic E-state index is 9.98. The molecule has 0 aliphatic heterocycles. The zero-order valence-corrected chi connectivity index (χ0v) is 9.52. The predicted molar refractivity (Wildman–Crippen MR) is 60.7 cm³/mol. The molecule has 4 nitrogen and oxygen atoms in total. The van der Waals surface area contributed by atoms with E-state index in [0.29, 0.717) is 19.0 Å². The molecule has 0 atom stereocenters. The summed E-state index contributed by atoms with van der Waals surface area (Å²) >= 11 is 0. The van der Waals surface area contributed by atoms with Crippen molar-refractivity contribution in [1.29, 1.82) is 0 Å². The van der Waals surface area contributed by atoms with E-state index >= 15 is 0 Å². The first-order valence-electron chi connectivity index (χ1n) is 5.94. The highest BCUT2D eigenvalue weighted by atomic mass is 16.1. The Bertz CT molecular complexity index is 283. The lowest BCUT2D eigenvalue weighted by molar-refractivity contribution is 0.266. The molecule has 0 heterocycles. The van der Waals surface area contributed by atoms with E-state index in [1.165, 1.54) is 12.8 Å². The first-order chi connectivity index (χ1) is 7.86. The lowest BCUT2D eigenvalue weighted by Crippen LogP contribution is -2.16. The van der Waals surface area contributed by atoms with Crippen LogP contribution in [0.3, 0.4) is 0 Å². The molecule has 1 rings (SSSR count). The van der Waals surface area contributed by atoms with Crippen LogP contribution in [0.5, 0.6) is 0 Å². The van der Waals surface area contributed by atoms with Gasteiger partial charge in [-0.05, 0) is 37.5 Å². The molecular weight excluding hydrogens is 204 g/mol. The van der Waals surface area contributed by atoms with Crippen molar-refractivity contribution in [3.63, 3.8) is 0 Å². The molecule has 1 aliphatic rings. The molecule has 16 heavy (non-hydrogen) atoms. The van der Waals surface area contributed by atoms with Crippen molar-refractivity contribution in [2.45, 2.75) is 38.5 Å². The fourth-order valence-corrected chi connectivity index (χ4v) is 2.37. The van der Waals surface area contributed by atoms with Gasteiger partial charge in [0.2, 0.25) is 12.2 Å². The minimum absolute atomic E-state index is 0.575. The number of hydrogen-bond acceptors (Lipinski definition) is 4. The summed E-state index contributed by atoms with van der Waals surface area (Å²) in [5.74, 6) is 1.34. The highest BCUT2D eigenvalue weighted by Crippen LogP contribution is 2.31. The van der Waals surface area contributed by atoms with Crippen molar-refractivity contribution >= 4 is 12.2 Å². The zero-order valence-electron chi connectivity index (χ0n) is 9.52. The van der Waals surface area contributed by atoms with Gasteiger partial charge in [0.1, 0.15) is 0 Å². The molecule has 0 N–H and O–H groups in total. The third-order valence-corrected chi connectivity index (χ3v) is 3.33. The van der Waals surface area contributed by atoms with E-state index in [9.17, 15) is 9.59 Å². The van der Waals surface area contributed by atoms with Gasteiger partial charge in [-0.25, -0.2) is 19.6 Å². The molecule has 0 amide bonds. The maximum Gasteiger partial charge on any atom is 0.234 e. The second-order valence-electron chi connectivity index (χ2n) is 4.43. The number of isocyanates is 2. The Morgan fingerprint density at radius 1 is 0.938 bits per heavy atom. The SMILES string of the molecule is O=C=NCCCC1CCC(CN=C=O)CC1. The summed E-state index contributed by atoms with van der Waals surface area (Å²) in [6.45, 7) is 1.25. The Kier molecular flexibility index (Phi) is 6.39. The van der Waals surface area contributed by atoms with Crippen LogP contribution in [0, 0.1) is 11.8 Å². The molecule has 0 unspecified atom stereocenters. The predicted octanol–water partition coefficient (Wildman–Crippen LogP) is 2.24. The number of nitrogens with zero attached hydrogens (tertiary/aromatic N) is 2. The minimum atomic E-state index is 0.575. The van der Waals surface area contributed by atoms with Crippen molar-refractivity contribution < 1.29 is 9.59 Å². The van der Waals surface area contributed by atoms with Crippen LogP contribution in [-0.4, -0.2) is 25.2 Å². The van der Waals surface area contributed by atoms with Crippen LogP contribution in [0.1, 0.15) is 38.5 Å². The van der Waals surface area contributed by atoms with Crippen LogP contribution >= 0.6 is 0 Å². The van der Waals surface area contributed by atoms with Gasteiger partial charge in [-0.15, -0.1) is 0 Å². The Hall–Kier alpha value is -1.24. The van der Waals surface area contributed by atoms with Gasteiger partial charge in [0.05, 0.1) is 13.1 Å². The second kappa shape index (κ2) is 7.98. The van der Waals surface area contributed by atoms with E-state index < -0.39 is 0 Å². The monoisotopic (exact) mass is 222 g/mol. The number of rotatable bonds is 6. The molecular formula is C12H18N2O2. The van der Waals surface area contributed by atoms with Crippen LogP contribution in [0.15, 0.2) is 9.98 Å². The largest absolute Gasteiger partial charge is 0.234 e. The second-order valence-corrected chi connectivity index (χ2v) is 4.43. The van der Waals surface area contributed by atoms with Gasteiger partial charge in [0.15, 0.2) is 0 Å². The topological polar surface area (TPSA) is 58.9 Å². The molecule has 0 aromatic heterocycles. The van der Waals surface area contributed by atoms with Gasteiger partial charge in [0.25, 0.3) is 0 Å². The van der Waals surface area contributed by atoms with Gasteiger partial charge >= 0.3 is 0 Å². The van der Waals surface area contributed by atoms with E-state index in [1.807, 2.05) is 0 Å². The third-order valence-electron chi connectivity index (χ3n) is 3.33. The van der Waals surface area contributed by atoms with Crippen molar-refractivity contribution in [2.24, 2.45) is 21.8 Å². The molecule has 1 fully saturated rings. The first kappa shape index (κ1) is 12.8. The molecule has 1 saturated carbocycles. The van der Waals surface area contributed by atoms with Gasteiger partial charge in [-0.3, -0.25) is 0 Å². The fourth-order valence-electron chi connectivity index (χ4n) is 2.37. The average Bonchev–Trinajstić information content (AvgIpc) is 2.33. The Morgan fingerprint density at radius 2 is 1.56 bits per heavy atom. The summed E-state index contributed by atoms with van der Waals surface area (Å²) < 4.78 is 0. The van der Waals surface area contributed by atoms with E-state index in [-0.39, 0.29) is 0 Å². The van der Waals surface area contributed by atoms with E-state index in [0.717, 1.165) is 31.6 Å². The van der Waals surface area contributed by atoms with Gasteiger partial charge in [0, 0.05) is 0 Å². The maximum absolute atomic E-state index is 9.98. The normalized spacial score (nSPS) is 24.2. The Labute approximate surface area is 95.9 Å². The molecule has 0 bridgehead atoms. The van der Waals surface area contributed by atoms with Gasteiger partial charge in [-0.2, -0.15) is 0 Å². The van der Waals surface area contributed by atoms with Crippen LogP contribution in [0.2, 0.25) is 0 Å². The summed E-state index contributed by atoms with van der Waals surface area (Å²) in [7, 11) is 0. The average molecular weight is 222 g/mol. The molecule has 1 aliphatic carbocycles. The van der Waals surface area contributed by atoms with Gasteiger partial charge in [-0.1, -0.05) is 12.8 Å². The minimum Gasteiger partial charge on any atom is -0.211 e. The number of carbonyl (C=O) groups excluding carboxylic acids is 2. The number of hydrogen-bond donors (Lipinski definition) is 0. The molecule has 0 spiro atoms. The fraction of sp³-hybridized carbons (Fsp3) is 0.833. The third kappa shape index (κ3) is 5.01. The molecule has 0 aromatic rings. The van der Waals surface area contributed by atoms with Crippen molar-refractivity contribution in [3.8, 4) is 0 Å². The standard InChI is InChI=1S/C12H18N2O2/c15-9-13-7-1-2-11-3-5-12(6-4-11)8-14-10-16/h11-12H,1-8H2. The Morgan fingerprint density at radius 3 is 2.19 bits per heavy atom. The summed E-state index contributed by atoms with van der Waals surface area (Å²) in [5.41, 5.74) is 0. The summed E-state index contributed by atoms with van der Waals surface area (Å²) in [6, 6.07) is 0. The molecule has 4 heteroatoms. The van der Waals surface area contributed by atoms with Crippen LogP contribution in [0.25, 0.3) is 0 Å². The summed E-state index contributed by atoms with van der Waals surface area (Å²) in [5, 5.41) is 0. The zero-order chi connectivity index (χ0) is 11.6. The quantitative estimate of drug-likeness (QED) is 0.393. The van der Waals surface area contributed by atoms with Crippen LogP contribution in [0.4, 0.5) is 0 Å².